The Bertz CT molecular complexity index is 653. The standard InChI is InChI=1S/C19H26N2O5/c1-13(22)21-9-7-14(8-10-21)18(23)20-12-16(19(24)25)11-15-5-3-4-6-17(15)26-2/h3-6,14,16H,7-12H2,1-2H3,(H,20,23)(H,24,25). The molecule has 1 aliphatic heterocycles. The summed E-state index contributed by atoms with van der Waals surface area (Å²) in [5, 5.41) is 12.3. The molecular weight excluding hydrogens is 336 g/mol. The van der Waals surface area contributed by atoms with Crippen molar-refractivity contribution in [3.8, 4) is 5.75 Å². The molecule has 1 unspecified atom stereocenters. The minimum atomic E-state index is -0.956. The van der Waals surface area contributed by atoms with E-state index in [-0.39, 0.29) is 30.7 Å². The highest BCUT2D eigenvalue weighted by Crippen LogP contribution is 2.21. The minimum Gasteiger partial charge on any atom is -0.496 e. The fraction of sp³-hybridized carbons (Fsp3) is 0.526. The monoisotopic (exact) mass is 362 g/mol. The number of aliphatic carboxylic acids is 1. The fourth-order valence-corrected chi connectivity index (χ4v) is 3.21. The van der Waals surface area contributed by atoms with E-state index in [1.807, 2.05) is 18.2 Å². The van der Waals surface area contributed by atoms with E-state index in [1.165, 1.54) is 6.92 Å². The molecule has 1 saturated heterocycles. The van der Waals surface area contributed by atoms with Crippen molar-refractivity contribution in [1.82, 2.24) is 10.2 Å². The molecule has 2 N–H and O–H groups in total. The first-order chi connectivity index (χ1) is 12.4. The molecule has 0 saturated carbocycles. The largest absolute Gasteiger partial charge is 0.496 e. The zero-order valence-electron chi connectivity index (χ0n) is 15.2. The average molecular weight is 362 g/mol. The molecule has 1 aromatic rings. The molecule has 2 rings (SSSR count). The molecular formula is C19H26N2O5. The molecule has 0 aliphatic carbocycles. The van der Waals surface area contributed by atoms with E-state index in [4.69, 9.17) is 4.74 Å². The number of ether oxygens (including phenoxy) is 1. The highest BCUT2D eigenvalue weighted by Gasteiger charge is 2.27. The number of hydrogen-bond donors (Lipinski definition) is 2. The number of amides is 2. The Hall–Kier alpha value is -2.57. The molecule has 0 radical (unpaired) electrons. The second-order valence-electron chi connectivity index (χ2n) is 6.58. The zero-order valence-corrected chi connectivity index (χ0v) is 15.2. The summed E-state index contributed by atoms with van der Waals surface area (Å²) in [5.41, 5.74) is 0.798. The van der Waals surface area contributed by atoms with Crippen LogP contribution in [-0.4, -0.2) is 54.5 Å². The van der Waals surface area contributed by atoms with Gasteiger partial charge in [0.15, 0.2) is 0 Å². The number of likely N-dealkylation sites (tertiary alicyclic amines) is 1. The Kier molecular flexibility index (Phi) is 7.00. The van der Waals surface area contributed by atoms with Gasteiger partial charge in [-0.2, -0.15) is 0 Å². The SMILES string of the molecule is COc1ccccc1CC(CNC(=O)C1CCN(C(C)=O)CC1)C(=O)O. The lowest BCUT2D eigenvalue weighted by Crippen LogP contribution is -2.43. The van der Waals surface area contributed by atoms with Gasteiger partial charge in [0.2, 0.25) is 11.8 Å². The van der Waals surface area contributed by atoms with Gasteiger partial charge in [-0.3, -0.25) is 14.4 Å². The number of nitrogens with one attached hydrogen (secondary N) is 1. The smallest absolute Gasteiger partial charge is 0.308 e. The van der Waals surface area contributed by atoms with E-state index in [0.29, 0.717) is 31.7 Å². The molecule has 1 fully saturated rings. The van der Waals surface area contributed by atoms with E-state index in [2.05, 4.69) is 5.32 Å². The van der Waals surface area contributed by atoms with Crippen molar-refractivity contribution in [3.63, 3.8) is 0 Å². The average Bonchev–Trinajstić information content (AvgIpc) is 2.64. The van der Waals surface area contributed by atoms with Gasteiger partial charge in [-0.05, 0) is 30.9 Å². The van der Waals surface area contributed by atoms with E-state index >= 15 is 0 Å². The number of carbonyl (C=O) groups is 3. The highest BCUT2D eigenvalue weighted by molar-refractivity contribution is 5.80. The number of para-hydroxylation sites is 1. The predicted molar refractivity (Wildman–Crippen MR) is 95.8 cm³/mol. The van der Waals surface area contributed by atoms with Crippen LogP contribution < -0.4 is 10.1 Å². The number of carboxylic acids is 1. The van der Waals surface area contributed by atoms with Gasteiger partial charge in [-0.15, -0.1) is 0 Å². The molecule has 7 heteroatoms. The van der Waals surface area contributed by atoms with Crippen LogP contribution in [0, 0.1) is 11.8 Å². The molecule has 142 valence electrons. The third-order valence-electron chi connectivity index (χ3n) is 4.84. The van der Waals surface area contributed by atoms with Crippen LogP contribution in [0.25, 0.3) is 0 Å². The van der Waals surface area contributed by atoms with Gasteiger partial charge in [-0.25, -0.2) is 0 Å². The Morgan fingerprint density at radius 1 is 1.27 bits per heavy atom. The van der Waals surface area contributed by atoms with Crippen LogP contribution in [-0.2, 0) is 20.8 Å². The fourth-order valence-electron chi connectivity index (χ4n) is 3.21. The van der Waals surface area contributed by atoms with Gasteiger partial charge in [-0.1, -0.05) is 18.2 Å². The second kappa shape index (κ2) is 9.22. The Morgan fingerprint density at radius 3 is 2.50 bits per heavy atom. The van der Waals surface area contributed by atoms with Gasteiger partial charge in [0.1, 0.15) is 5.75 Å². The summed E-state index contributed by atoms with van der Waals surface area (Å²) in [6.07, 6.45) is 1.49. The molecule has 0 spiro atoms. The van der Waals surface area contributed by atoms with Crippen LogP contribution in [0.15, 0.2) is 24.3 Å². The number of carboxylic acid groups (broad SMARTS) is 1. The van der Waals surface area contributed by atoms with Crippen LogP contribution in [0.5, 0.6) is 5.75 Å². The third-order valence-corrected chi connectivity index (χ3v) is 4.84. The second-order valence-corrected chi connectivity index (χ2v) is 6.58. The van der Waals surface area contributed by atoms with E-state index in [1.54, 1.807) is 18.1 Å². The van der Waals surface area contributed by atoms with E-state index < -0.39 is 11.9 Å². The maximum absolute atomic E-state index is 12.3. The molecule has 1 aromatic carbocycles. The number of methoxy groups -OCH3 is 1. The van der Waals surface area contributed by atoms with E-state index in [9.17, 15) is 19.5 Å². The summed E-state index contributed by atoms with van der Waals surface area (Å²) in [6, 6.07) is 7.27. The Labute approximate surface area is 153 Å². The topological polar surface area (TPSA) is 95.9 Å². The normalized spacial score (nSPS) is 16.0. The number of carbonyl (C=O) groups excluding carboxylic acids is 2. The van der Waals surface area contributed by atoms with E-state index in [0.717, 1.165) is 5.56 Å². The first kappa shape index (κ1) is 19.8. The summed E-state index contributed by atoms with van der Waals surface area (Å²) < 4.78 is 5.26. The number of nitrogens with zero attached hydrogens (tertiary/aromatic N) is 1. The summed E-state index contributed by atoms with van der Waals surface area (Å²) in [4.78, 5) is 37.0. The summed E-state index contributed by atoms with van der Waals surface area (Å²) in [7, 11) is 1.55. The number of benzene rings is 1. The predicted octanol–water partition coefficient (Wildman–Crippen LogP) is 1.31. The van der Waals surface area contributed by atoms with Crippen LogP contribution in [0.3, 0.4) is 0 Å². The van der Waals surface area contributed by atoms with Gasteiger partial charge >= 0.3 is 5.97 Å². The lowest BCUT2D eigenvalue weighted by molar-refractivity contribution is -0.142. The molecule has 7 nitrogen and oxygen atoms in total. The van der Waals surface area contributed by atoms with Crippen LogP contribution in [0.1, 0.15) is 25.3 Å². The van der Waals surface area contributed by atoms with Crippen molar-refractivity contribution >= 4 is 17.8 Å². The lowest BCUT2D eigenvalue weighted by atomic mass is 9.94. The van der Waals surface area contributed by atoms with Gasteiger partial charge < -0.3 is 20.1 Å². The maximum atomic E-state index is 12.3. The van der Waals surface area contributed by atoms with Crippen LogP contribution in [0.4, 0.5) is 0 Å². The lowest BCUT2D eigenvalue weighted by Gasteiger charge is -2.30. The quantitative estimate of drug-likeness (QED) is 0.762. The maximum Gasteiger partial charge on any atom is 0.308 e. The summed E-state index contributed by atoms with van der Waals surface area (Å²) >= 11 is 0. The third kappa shape index (κ3) is 5.21. The van der Waals surface area contributed by atoms with Crippen LogP contribution >= 0.6 is 0 Å². The number of hydrogen-bond acceptors (Lipinski definition) is 4. The molecule has 0 bridgehead atoms. The molecule has 0 aromatic heterocycles. The van der Waals surface area contributed by atoms with Crippen molar-refractivity contribution < 1.29 is 24.2 Å². The summed E-state index contributed by atoms with van der Waals surface area (Å²) in [5.74, 6) is -1.34. The number of rotatable bonds is 7. The molecule has 2 amide bonds. The van der Waals surface area contributed by atoms with Crippen molar-refractivity contribution in [1.29, 1.82) is 0 Å². The molecule has 1 atom stereocenters. The highest BCUT2D eigenvalue weighted by atomic mass is 16.5. The van der Waals surface area contributed by atoms with Crippen molar-refractivity contribution in [2.24, 2.45) is 11.8 Å². The first-order valence-corrected chi connectivity index (χ1v) is 8.80. The Morgan fingerprint density at radius 2 is 1.92 bits per heavy atom. The minimum absolute atomic E-state index is 0.0200. The van der Waals surface area contributed by atoms with Crippen molar-refractivity contribution in [2.45, 2.75) is 26.2 Å². The Balaban J connectivity index is 1.89. The molecule has 26 heavy (non-hydrogen) atoms. The van der Waals surface area contributed by atoms with Gasteiger partial charge in [0.05, 0.1) is 13.0 Å². The molecule has 1 aliphatic rings. The van der Waals surface area contributed by atoms with Crippen molar-refractivity contribution in [3.05, 3.63) is 29.8 Å². The molecule has 1 heterocycles. The van der Waals surface area contributed by atoms with Gasteiger partial charge in [0.25, 0.3) is 0 Å². The van der Waals surface area contributed by atoms with Gasteiger partial charge in [0, 0.05) is 32.5 Å². The zero-order chi connectivity index (χ0) is 19.1. The number of piperidine rings is 1. The first-order valence-electron chi connectivity index (χ1n) is 8.80. The summed E-state index contributed by atoms with van der Waals surface area (Å²) in [6.45, 7) is 2.73. The van der Waals surface area contributed by atoms with Crippen molar-refractivity contribution in [2.75, 3.05) is 26.7 Å². The van der Waals surface area contributed by atoms with Crippen LogP contribution in [0.2, 0.25) is 0 Å².